The van der Waals surface area contributed by atoms with Crippen molar-refractivity contribution in [1.29, 1.82) is 0 Å². The molecule has 3 rings (SSSR count). The monoisotopic (exact) mass is 351 g/mol. The highest BCUT2D eigenvalue weighted by Crippen LogP contribution is 2.33. The van der Waals surface area contributed by atoms with Crippen molar-refractivity contribution < 1.29 is 4.79 Å². The largest absolute Gasteiger partial charge is 0.353 e. The van der Waals surface area contributed by atoms with Gasteiger partial charge < -0.3 is 15.5 Å². The van der Waals surface area contributed by atoms with Gasteiger partial charge in [-0.1, -0.05) is 19.3 Å². The predicted molar refractivity (Wildman–Crippen MR) is 95.1 cm³/mol. The van der Waals surface area contributed by atoms with Crippen molar-refractivity contribution in [3.63, 3.8) is 0 Å². The molecule has 0 spiro atoms. The van der Waals surface area contributed by atoms with E-state index in [0.29, 0.717) is 6.04 Å². The second kappa shape index (κ2) is 9.96. The molecule has 4 nitrogen and oxygen atoms in total. The van der Waals surface area contributed by atoms with Crippen molar-refractivity contribution in [2.24, 2.45) is 5.92 Å². The number of likely N-dealkylation sites (tertiary alicyclic amines) is 1. The Balaban J connectivity index is 0.00000121. The molecule has 2 aliphatic heterocycles. The van der Waals surface area contributed by atoms with E-state index in [1.807, 2.05) is 0 Å². The molecule has 3 fully saturated rings. The van der Waals surface area contributed by atoms with Crippen LogP contribution in [-0.4, -0.2) is 49.1 Å². The summed E-state index contributed by atoms with van der Waals surface area (Å²) in [7, 11) is 0. The number of rotatable bonds is 4. The summed E-state index contributed by atoms with van der Waals surface area (Å²) in [6.07, 6.45) is 10.3. The summed E-state index contributed by atoms with van der Waals surface area (Å²) in [6, 6.07) is 0.686. The quantitative estimate of drug-likeness (QED) is 0.816. The summed E-state index contributed by atoms with van der Waals surface area (Å²) in [6.45, 7) is 4.25. The van der Waals surface area contributed by atoms with Crippen LogP contribution in [0.2, 0.25) is 0 Å². The Labute approximate surface area is 147 Å². The van der Waals surface area contributed by atoms with E-state index in [9.17, 15) is 4.79 Å². The van der Waals surface area contributed by atoms with Crippen LogP contribution < -0.4 is 10.6 Å². The van der Waals surface area contributed by atoms with Gasteiger partial charge in [-0.05, 0) is 51.1 Å². The highest BCUT2D eigenvalue weighted by Gasteiger charge is 2.37. The minimum absolute atomic E-state index is 0. The molecule has 22 heavy (non-hydrogen) atoms. The molecule has 2 N–H and O–H groups in total. The van der Waals surface area contributed by atoms with Crippen LogP contribution >= 0.6 is 24.8 Å². The van der Waals surface area contributed by atoms with Crippen molar-refractivity contribution in [2.45, 2.75) is 63.5 Å². The van der Waals surface area contributed by atoms with E-state index in [1.54, 1.807) is 0 Å². The standard InChI is InChI=1S/C16H29N3O.2ClH/c20-16(17-8-11-19-9-4-1-5-10-19)15-12-13-6-2-3-7-14(13)18-15;;/h13-15,18H,1-12H2,(H,17,20);2*1H. The number of nitrogens with zero attached hydrogens (tertiary/aromatic N) is 1. The zero-order chi connectivity index (χ0) is 13.8. The Kier molecular flexibility index (Phi) is 9.07. The molecule has 0 aromatic carbocycles. The lowest BCUT2D eigenvalue weighted by molar-refractivity contribution is -0.122. The summed E-state index contributed by atoms with van der Waals surface area (Å²) in [4.78, 5) is 14.7. The van der Waals surface area contributed by atoms with Crippen LogP contribution in [-0.2, 0) is 4.79 Å². The summed E-state index contributed by atoms with van der Waals surface area (Å²) < 4.78 is 0. The molecule has 6 heteroatoms. The molecule has 0 aromatic heterocycles. The normalized spacial score (nSPS) is 31.5. The molecule has 3 aliphatic rings. The summed E-state index contributed by atoms with van der Waals surface area (Å²) in [5, 5.41) is 6.69. The van der Waals surface area contributed by atoms with Crippen LogP contribution in [0.3, 0.4) is 0 Å². The van der Waals surface area contributed by atoms with E-state index in [2.05, 4.69) is 15.5 Å². The first-order valence-electron chi connectivity index (χ1n) is 8.59. The van der Waals surface area contributed by atoms with Gasteiger partial charge in [0.1, 0.15) is 0 Å². The van der Waals surface area contributed by atoms with Gasteiger partial charge >= 0.3 is 0 Å². The van der Waals surface area contributed by atoms with Gasteiger partial charge in [-0.2, -0.15) is 0 Å². The molecule has 1 amide bonds. The fourth-order valence-corrected chi connectivity index (χ4v) is 4.16. The van der Waals surface area contributed by atoms with Crippen LogP contribution in [0.5, 0.6) is 0 Å². The van der Waals surface area contributed by atoms with Gasteiger partial charge in [0.05, 0.1) is 6.04 Å². The average molecular weight is 352 g/mol. The van der Waals surface area contributed by atoms with Gasteiger partial charge in [0.15, 0.2) is 0 Å². The van der Waals surface area contributed by atoms with E-state index in [4.69, 9.17) is 0 Å². The van der Waals surface area contributed by atoms with Crippen molar-refractivity contribution >= 4 is 30.7 Å². The molecule has 0 bridgehead atoms. The first kappa shape index (κ1) is 20.0. The van der Waals surface area contributed by atoms with E-state index >= 15 is 0 Å². The Morgan fingerprint density at radius 2 is 1.77 bits per heavy atom. The molecule has 2 saturated heterocycles. The highest BCUT2D eigenvalue weighted by molar-refractivity contribution is 5.85. The van der Waals surface area contributed by atoms with Crippen LogP contribution in [0.4, 0.5) is 0 Å². The number of fused-ring (bicyclic) bond motifs is 1. The number of piperidine rings is 1. The summed E-state index contributed by atoms with van der Waals surface area (Å²) >= 11 is 0. The number of hydrogen-bond donors (Lipinski definition) is 2. The third-order valence-corrected chi connectivity index (χ3v) is 5.36. The molecular formula is C16H31Cl2N3O. The average Bonchev–Trinajstić information content (AvgIpc) is 2.92. The molecule has 1 saturated carbocycles. The smallest absolute Gasteiger partial charge is 0.237 e. The third kappa shape index (κ3) is 5.26. The van der Waals surface area contributed by atoms with Gasteiger partial charge in [-0.15, -0.1) is 24.8 Å². The Morgan fingerprint density at radius 1 is 1.05 bits per heavy atom. The maximum absolute atomic E-state index is 12.2. The Hall–Kier alpha value is -0.0300. The molecule has 0 aromatic rings. The van der Waals surface area contributed by atoms with E-state index in [1.165, 1.54) is 58.0 Å². The molecular weight excluding hydrogens is 321 g/mol. The van der Waals surface area contributed by atoms with Crippen molar-refractivity contribution in [2.75, 3.05) is 26.2 Å². The Bertz CT molecular complexity index is 323. The third-order valence-electron chi connectivity index (χ3n) is 5.36. The van der Waals surface area contributed by atoms with Crippen molar-refractivity contribution in [1.82, 2.24) is 15.5 Å². The van der Waals surface area contributed by atoms with Crippen molar-refractivity contribution in [3.8, 4) is 0 Å². The van der Waals surface area contributed by atoms with E-state index < -0.39 is 0 Å². The van der Waals surface area contributed by atoms with Crippen LogP contribution in [0.1, 0.15) is 51.4 Å². The molecule has 3 atom stereocenters. The predicted octanol–water partition coefficient (Wildman–Crippen LogP) is 2.35. The minimum Gasteiger partial charge on any atom is -0.353 e. The molecule has 0 radical (unpaired) electrons. The topological polar surface area (TPSA) is 44.4 Å². The SMILES string of the molecule is Cl.Cl.O=C(NCCN1CCCCC1)C1CC2CCCCC2N1. The van der Waals surface area contributed by atoms with E-state index in [-0.39, 0.29) is 36.8 Å². The second-order valence-corrected chi connectivity index (χ2v) is 6.80. The van der Waals surface area contributed by atoms with Gasteiger partial charge in [0, 0.05) is 19.1 Å². The number of nitrogens with one attached hydrogen (secondary N) is 2. The van der Waals surface area contributed by atoms with Gasteiger partial charge in [0.25, 0.3) is 0 Å². The second-order valence-electron chi connectivity index (χ2n) is 6.80. The lowest BCUT2D eigenvalue weighted by Crippen LogP contribution is -2.45. The molecule has 2 heterocycles. The zero-order valence-electron chi connectivity index (χ0n) is 13.4. The first-order chi connectivity index (χ1) is 9.83. The maximum Gasteiger partial charge on any atom is 0.237 e. The fourth-order valence-electron chi connectivity index (χ4n) is 4.16. The van der Waals surface area contributed by atoms with Gasteiger partial charge in [-0.3, -0.25) is 4.79 Å². The summed E-state index contributed by atoms with van der Waals surface area (Å²) in [5.74, 6) is 0.984. The van der Waals surface area contributed by atoms with Crippen LogP contribution in [0.25, 0.3) is 0 Å². The number of carbonyl (C=O) groups is 1. The number of carbonyl (C=O) groups excluding carboxylic acids is 1. The number of hydrogen-bond acceptors (Lipinski definition) is 3. The summed E-state index contributed by atoms with van der Waals surface area (Å²) in [5.41, 5.74) is 0. The zero-order valence-corrected chi connectivity index (χ0v) is 15.0. The Morgan fingerprint density at radius 3 is 2.50 bits per heavy atom. The van der Waals surface area contributed by atoms with Gasteiger partial charge in [0.2, 0.25) is 5.91 Å². The van der Waals surface area contributed by atoms with Crippen LogP contribution in [0, 0.1) is 5.92 Å². The van der Waals surface area contributed by atoms with Gasteiger partial charge in [-0.25, -0.2) is 0 Å². The first-order valence-corrected chi connectivity index (χ1v) is 8.59. The van der Waals surface area contributed by atoms with E-state index in [0.717, 1.165) is 25.4 Å². The highest BCUT2D eigenvalue weighted by atomic mass is 35.5. The van der Waals surface area contributed by atoms with Crippen molar-refractivity contribution in [3.05, 3.63) is 0 Å². The molecule has 3 unspecified atom stereocenters. The minimum atomic E-state index is 0. The fraction of sp³-hybridized carbons (Fsp3) is 0.938. The molecule has 130 valence electrons. The number of amides is 1. The molecule has 1 aliphatic carbocycles. The van der Waals surface area contributed by atoms with Crippen LogP contribution in [0.15, 0.2) is 0 Å². The number of halogens is 2. The lowest BCUT2D eigenvalue weighted by Gasteiger charge is -2.26. The lowest BCUT2D eigenvalue weighted by atomic mass is 9.85. The maximum atomic E-state index is 12.2.